The van der Waals surface area contributed by atoms with Crippen LogP contribution < -0.4 is 0 Å². The second-order valence-corrected chi connectivity index (χ2v) is 6.53. The van der Waals surface area contributed by atoms with Crippen LogP contribution in [0.2, 0.25) is 0 Å². The van der Waals surface area contributed by atoms with Crippen LogP contribution >= 0.6 is 11.3 Å². The lowest BCUT2D eigenvalue weighted by Crippen LogP contribution is -2.23. The van der Waals surface area contributed by atoms with Crippen molar-refractivity contribution in [1.82, 2.24) is 4.90 Å². The molecular weight excluding hydrogens is 238 g/mol. The first-order chi connectivity index (χ1) is 6.89. The molecule has 5 nitrogen and oxygen atoms in total. The summed E-state index contributed by atoms with van der Waals surface area (Å²) in [6, 6.07) is 0. The van der Waals surface area contributed by atoms with Gasteiger partial charge in [-0.25, -0.2) is 13.2 Å². The van der Waals surface area contributed by atoms with Gasteiger partial charge in [-0.3, -0.25) is 4.90 Å². The SMILES string of the molecule is CS(=O)(=O)c1scc2c1CN(C(=O)O)C2. The van der Waals surface area contributed by atoms with E-state index in [0.29, 0.717) is 9.77 Å². The first-order valence-corrected chi connectivity index (χ1v) is 6.94. The van der Waals surface area contributed by atoms with Crippen molar-refractivity contribution in [2.45, 2.75) is 17.3 Å². The second-order valence-electron chi connectivity index (χ2n) is 3.44. The summed E-state index contributed by atoms with van der Waals surface area (Å²) >= 11 is 1.17. The van der Waals surface area contributed by atoms with Crippen molar-refractivity contribution in [3.8, 4) is 0 Å². The molecule has 15 heavy (non-hydrogen) atoms. The van der Waals surface area contributed by atoms with E-state index in [0.717, 1.165) is 11.8 Å². The predicted octanol–water partition coefficient (Wildman–Crippen LogP) is 1.15. The molecule has 0 radical (unpaired) electrons. The van der Waals surface area contributed by atoms with Gasteiger partial charge in [0.05, 0.1) is 13.1 Å². The number of sulfone groups is 1. The predicted molar refractivity (Wildman–Crippen MR) is 54.7 cm³/mol. The minimum Gasteiger partial charge on any atom is -0.465 e. The Hall–Kier alpha value is -1.08. The molecule has 7 heteroatoms. The van der Waals surface area contributed by atoms with E-state index in [1.165, 1.54) is 16.2 Å². The third-order valence-corrected chi connectivity index (χ3v) is 5.24. The van der Waals surface area contributed by atoms with E-state index in [1.54, 1.807) is 5.38 Å². The van der Waals surface area contributed by atoms with E-state index in [4.69, 9.17) is 5.11 Å². The molecule has 1 aliphatic rings. The van der Waals surface area contributed by atoms with Gasteiger partial charge in [0, 0.05) is 11.8 Å². The summed E-state index contributed by atoms with van der Waals surface area (Å²) in [6.07, 6.45) is 0.123. The van der Waals surface area contributed by atoms with Gasteiger partial charge < -0.3 is 5.11 Å². The molecular formula is C8H9NO4S2. The van der Waals surface area contributed by atoms with Crippen LogP contribution in [-0.2, 0) is 22.9 Å². The highest BCUT2D eigenvalue weighted by molar-refractivity contribution is 7.92. The van der Waals surface area contributed by atoms with Crippen LogP contribution in [0.3, 0.4) is 0 Å². The Morgan fingerprint density at radius 2 is 2.20 bits per heavy atom. The number of nitrogens with zero attached hydrogens (tertiary/aromatic N) is 1. The quantitative estimate of drug-likeness (QED) is 0.807. The highest BCUT2D eigenvalue weighted by atomic mass is 32.2. The summed E-state index contributed by atoms with van der Waals surface area (Å²) in [7, 11) is -3.23. The minimum absolute atomic E-state index is 0.177. The van der Waals surface area contributed by atoms with Crippen molar-refractivity contribution in [3.05, 3.63) is 16.5 Å². The Labute approximate surface area is 90.9 Å². The maximum absolute atomic E-state index is 11.4. The molecule has 82 valence electrons. The Bertz CT molecular complexity index is 517. The van der Waals surface area contributed by atoms with Gasteiger partial charge in [0.25, 0.3) is 0 Å². The Balaban J connectivity index is 2.42. The van der Waals surface area contributed by atoms with Crippen molar-refractivity contribution in [1.29, 1.82) is 0 Å². The monoisotopic (exact) mass is 247 g/mol. The summed E-state index contributed by atoms with van der Waals surface area (Å²) in [5.41, 5.74) is 1.45. The number of fused-ring (bicyclic) bond motifs is 1. The van der Waals surface area contributed by atoms with E-state index in [2.05, 4.69) is 0 Å². The maximum Gasteiger partial charge on any atom is 0.407 e. The molecule has 1 aromatic rings. The van der Waals surface area contributed by atoms with E-state index in [9.17, 15) is 13.2 Å². The van der Waals surface area contributed by atoms with Gasteiger partial charge in [-0.15, -0.1) is 11.3 Å². The Morgan fingerprint density at radius 1 is 1.53 bits per heavy atom. The van der Waals surface area contributed by atoms with Crippen LogP contribution in [0, 0.1) is 0 Å². The van der Waals surface area contributed by atoms with Gasteiger partial charge in [-0.1, -0.05) is 0 Å². The fraction of sp³-hybridized carbons (Fsp3) is 0.375. The molecule has 2 rings (SSSR count). The summed E-state index contributed by atoms with van der Waals surface area (Å²) in [4.78, 5) is 11.9. The zero-order valence-corrected chi connectivity index (χ0v) is 9.56. The van der Waals surface area contributed by atoms with Crippen molar-refractivity contribution in [2.75, 3.05) is 6.26 Å². The van der Waals surface area contributed by atoms with Gasteiger partial charge in [0.1, 0.15) is 4.21 Å². The number of carbonyl (C=O) groups is 1. The number of carboxylic acid groups (broad SMARTS) is 1. The molecule has 0 fully saturated rings. The molecule has 0 unspecified atom stereocenters. The minimum atomic E-state index is -3.23. The third kappa shape index (κ3) is 1.72. The zero-order valence-electron chi connectivity index (χ0n) is 7.93. The van der Waals surface area contributed by atoms with Gasteiger partial charge in [-0.2, -0.15) is 0 Å². The largest absolute Gasteiger partial charge is 0.465 e. The summed E-state index contributed by atoms with van der Waals surface area (Å²) in [5.74, 6) is 0. The summed E-state index contributed by atoms with van der Waals surface area (Å²) in [5, 5.41) is 10.5. The topological polar surface area (TPSA) is 74.7 Å². The molecule has 1 amide bonds. The summed E-state index contributed by atoms with van der Waals surface area (Å²) in [6.45, 7) is 0.466. The van der Waals surface area contributed by atoms with E-state index in [-0.39, 0.29) is 13.1 Å². The number of hydrogen-bond donors (Lipinski definition) is 1. The normalized spacial score (nSPS) is 15.4. The van der Waals surface area contributed by atoms with Gasteiger partial charge in [0.2, 0.25) is 0 Å². The van der Waals surface area contributed by atoms with E-state index < -0.39 is 15.9 Å². The molecule has 0 atom stereocenters. The lowest BCUT2D eigenvalue weighted by atomic mass is 10.2. The van der Waals surface area contributed by atoms with Gasteiger partial charge >= 0.3 is 6.09 Å². The molecule has 1 aromatic heterocycles. The van der Waals surface area contributed by atoms with Crippen LogP contribution in [0.5, 0.6) is 0 Å². The van der Waals surface area contributed by atoms with Crippen LogP contribution in [0.15, 0.2) is 9.59 Å². The zero-order chi connectivity index (χ0) is 11.2. The fourth-order valence-corrected chi connectivity index (χ4v) is 3.89. The first-order valence-electron chi connectivity index (χ1n) is 4.17. The third-order valence-electron chi connectivity index (χ3n) is 2.26. The molecule has 0 saturated carbocycles. The van der Waals surface area contributed by atoms with Crippen molar-refractivity contribution in [2.24, 2.45) is 0 Å². The molecule has 2 heterocycles. The molecule has 0 aliphatic carbocycles. The van der Waals surface area contributed by atoms with E-state index in [1.807, 2.05) is 0 Å². The van der Waals surface area contributed by atoms with Crippen molar-refractivity contribution in [3.63, 3.8) is 0 Å². The van der Waals surface area contributed by atoms with Crippen molar-refractivity contribution >= 4 is 27.3 Å². The average molecular weight is 247 g/mol. The smallest absolute Gasteiger partial charge is 0.407 e. The van der Waals surface area contributed by atoms with Crippen LogP contribution in [0.25, 0.3) is 0 Å². The standard InChI is InChI=1S/C8H9NO4S2/c1-15(12,13)7-6-3-9(8(10)11)2-5(6)4-14-7/h4H,2-3H2,1H3,(H,10,11). The highest BCUT2D eigenvalue weighted by Gasteiger charge is 2.29. The Morgan fingerprint density at radius 3 is 2.73 bits per heavy atom. The number of thiophene rings is 1. The van der Waals surface area contributed by atoms with Crippen molar-refractivity contribution < 1.29 is 18.3 Å². The average Bonchev–Trinajstić information content (AvgIpc) is 2.56. The van der Waals surface area contributed by atoms with Crippen LogP contribution in [0.1, 0.15) is 11.1 Å². The Kier molecular flexibility index (Phi) is 2.23. The molecule has 1 aliphatic heterocycles. The molecule has 0 saturated heterocycles. The van der Waals surface area contributed by atoms with Crippen LogP contribution in [-0.4, -0.2) is 30.8 Å². The lowest BCUT2D eigenvalue weighted by molar-refractivity contribution is 0.145. The number of hydrogen-bond acceptors (Lipinski definition) is 4. The van der Waals surface area contributed by atoms with Gasteiger partial charge in [-0.05, 0) is 10.9 Å². The summed E-state index contributed by atoms with van der Waals surface area (Å²) < 4.78 is 23.0. The number of amides is 1. The molecule has 0 spiro atoms. The fourth-order valence-electron chi connectivity index (χ4n) is 1.60. The maximum atomic E-state index is 11.4. The van der Waals surface area contributed by atoms with Gasteiger partial charge in [0.15, 0.2) is 9.84 Å². The lowest BCUT2D eigenvalue weighted by Gasteiger charge is -2.09. The van der Waals surface area contributed by atoms with E-state index >= 15 is 0 Å². The first kappa shape index (κ1) is 10.4. The molecule has 1 N–H and O–H groups in total. The number of rotatable bonds is 1. The highest BCUT2D eigenvalue weighted by Crippen LogP contribution is 2.34. The van der Waals surface area contributed by atoms with Crippen LogP contribution in [0.4, 0.5) is 4.79 Å². The second kappa shape index (κ2) is 3.21. The molecule has 0 aromatic carbocycles. The molecule has 0 bridgehead atoms.